The number of nitrogens with one attached hydrogen (secondary N) is 1. The lowest BCUT2D eigenvalue weighted by Crippen LogP contribution is -2.21. The van der Waals surface area contributed by atoms with Crippen LogP contribution in [0.4, 0.5) is 5.82 Å². The van der Waals surface area contributed by atoms with E-state index in [0.29, 0.717) is 52.7 Å². The number of hydrogen-bond acceptors (Lipinski definition) is 10. The van der Waals surface area contributed by atoms with Crippen molar-refractivity contribution in [3.05, 3.63) is 114 Å². The highest BCUT2D eigenvalue weighted by atomic mass is 16.5. The quantitative estimate of drug-likeness (QED) is 0.107. The van der Waals surface area contributed by atoms with Gasteiger partial charge in [-0.3, -0.25) is 14.4 Å². The summed E-state index contributed by atoms with van der Waals surface area (Å²) in [7, 11) is 3.09. The molecule has 1 aliphatic carbocycles. The Labute approximate surface area is 247 Å². The minimum absolute atomic E-state index is 0.0166. The van der Waals surface area contributed by atoms with Gasteiger partial charge in [0.1, 0.15) is 24.5 Å². The Bertz CT molecular complexity index is 1760. The third kappa shape index (κ3) is 7.00. The zero-order valence-corrected chi connectivity index (χ0v) is 23.4. The van der Waals surface area contributed by atoms with Crippen LogP contribution in [0.5, 0.6) is 17.2 Å². The lowest BCUT2D eigenvalue weighted by atomic mass is 10.1. The third-order valence-electron chi connectivity index (χ3n) is 6.36. The Morgan fingerprint density at radius 2 is 1.67 bits per heavy atom. The number of ether oxygens (including phenoxy) is 4. The van der Waals surface area contributed by atoms with Crippen molar-refractivity contribution in [1.82, 2.24) is 9.97 Å². The van der Waals surface area contributed by atoms with E-state index in [0.717, 1.165) is 17.7 Å². The Hall–Kier alpha value is -5.61. The minimum atomic E-state index is -0.516. The number of methoxy groups -OCH3 is 2. The molecule has 0 atom stereocenters. The highest BCUT2D eigenvalue weighted by Gasteiger charge is 2.23. The van der Waals surface area contributed by atoms with Gasteiger partial charge in [0.2, 0.25) is 11.6 Å². The second-order valence-electron chi connectivity index (χ2n) is 9.24. The fraction of sp³-hybridized carbons (Fsp3) is 0.121. The van der Waals surface area contributed by atoms with Gasteiger partial charge in [0.25, 0.3) is 0 Å². The van der Waals surface area contributed by atoms with Crippen molar-refractivity contribution < 1.29 is 33.3 Å². The smallest absolute Gasteiger partial charge is 0.223 e. The second kappa shape index (κ2) is 13.4. The summed E-state index contributed by atoms with van der Waals surface area (Å²) in [6, 6.07) is 19.2. The summed E-state index contributed by atoms with van der Waals surface area (Å²) in [6.45, 7) is 0.724. The van der Waals surface area contributed by atoms with Crippen molar-refractivity contribution in [2.75, 3.05) is 32.8 Å². The highest BCUT2D eigenvalue weighted by molar-refractivity contribution is 6.20. The zero-order valence-electron chi connectivity index (χ0n) is 23.4. The zero-order chi connectivity index (χ0) is 30.2. The molecule has 0 bridgehead atoms. The second-order valence-corrected chi connectivity index (χ2v) is 9.24. The molecule has 1 heterocycles. The summed E-state index contributed by atoms with van der Waals surface area (Å²) in [5.74, 6) is 0.204. The summed E-state index contributed by atoms with van der Waals surface area (Å²) >= 11 is 0. The molecule has 0 unspecified atom stereocenters. The summed E-state index contributed by atoms with van der Waals surface area (Å²) < 4.78 is 21.9. The van der Waals surface area contributed by atoms with Gasteiger partial charge in [-0.15, -0.1) is 0 Å². The SMILES string of the molecule is COCCOc1cc2ncnc(NC3=CC(=O)C(Oc4ccc(C(=O)/C=C/c5ccccc5)cc4)=CC3=O)c2cc1OC. The molecule has 5 rings (SSSR count). The number of hydrogen-bond donors (Lipinski definition) is 1. The van der Waals surface area contributed by atoms with Crippen LogP contribution in [-0.2, 0) is 14.3 Å². The van der Waals surface area contributed by atoms with Crippen molar-refractivity contribution in [2.45, 2.75) is 0 Å². The van der Waals surface area contributed by atoms with E-state index in [1.807, 2.05) is 30.3 Å². The number of aromatic nitrogens is 2. The van der Waals surface area contributed by atoms with Gasteiger partial charge in [0, 0.05) is 36.3 Å². The molecular formula is C33H27N3O7. The average Bonchev–Trinajstić information content (AvgIpc) is 3.03. The Morgan fingerprint density at radius 1 is 0.884 bits per heavy atom. The van der Waals surface area contributed by atoms with Gasteiger partial charge < -0.3 is 24.3 Å². The van der Waals surface area contributed by atoms with Gasteiger partial charge in [0.15, 0.2) is 23.0 Å². The summed E-state index contributed by atoms with van der Waals surface area (Å²) in [5, 5.41) is 3.49. The monoisotopic (exact) mass is 577 g/mol. The number of allylic oxidation sites excluding steroid dienone is 3. The maximum atomic E-state index is 12.9. The number of carbonyl (C=O) groups is 3. The van der Waals surface area contributed by atoms with E-state index in [9.17, 15) is 14.4 Å². The number of anilines is 1. The van der Waals surface area contributed by atoms with Gasteiger partial charge in [-0.05, 0) is 42.0 Å². The van der Waals surface area contributed by atoms with Gasteiger partial charge >= 0.3 is 0 Å². The summed E-state index contributed by atoms with van der Waals surface area (Å²) in [6.07, 6.45) is 6.82. The molecule has 4 aromatic rings. The van der Waals surface area contributed by atoms with Crippen LogP contribution in [0.1, 0.15) is 15.9 Å². The van der Waals surface area contributed by atoms with Crippen LogP contribution in [0, 0.1) is 0 Å². The number of fused-ring (bicyclic) bond motifs is 1. The number of carbonyl (C=O) groups excluding carboxylic acids is 3. The number of benzene rings is 3. The summed E-state index contributed by atoms with van der Waals surface area (Å²) in [5.41, 5.74) is 1.92. The molecule has 3 aromatic carbocycles. The molecule has 0 fully saturated rings. The van der Waals surface area contributed by atoms with E-state index in [1.54, 1.807) is 49.6 Å². The fourth-order valence-corrected chi connectivity index (χ4v) is 4.16. The lowest BCUT2D eigenvalue weighted by molar-refractivity contribution is -0.116. The first kappa shape index (κ1) is 28.9. The van der Waals surface area contributed by atoms with Crippen LogP contribution < -0.4 is 19.5 Å². The first-order valence-electron chi connectivity index (χ1n) is 13.2. The molecule has 1 N–H and O–H groups in total. The van der Waals surface area contributed by atoms with Gasteiger partial charge in [0.05, 0.1) is 24.9 Å². The van der Waals surface area contributed by atoms with Crippen LogP contribution in [0.2, 0.25) is 0 Å². The normalized spacial score (nSPS) is 13.1. The van der Waals surface area contributed by atoms with Crippen molar-refractivity contribution >= 4 is 40.1 Å². The standard InChI is InChI=1S/C33H27N3O7/c1-40-14-15-42-32-18-25-24(16-31(32)41-2)33(35-20-34-25)36-26-17-29(39)30(19-28(26)38)43-23-11-9-22(10-12-23)27(37)13-8-21-6-4-3-5-7-21/h3-13,16-20H,14-15H2,1-2H3,(H,34,35,36)/b13-8+. The first-order chi connectivity index (χ1) is 20.9. The van der Waals surface area contributed by atoms with Gasteiger partial charge in [-0.2, -0.15) is 0 Å². The Morgan fingerprint density at radius 3 is 2.42 bits per heavy atom. The van der Waals surface area contributed by atoms with Gasteiger partial charge in [-0.1, -0.05) is 36.4 Å². The molecule has 0 aliphatic heterocycles. The van der Waals surface area contributed by atoms with Crippen LogP contribution in [0.25, 0.3) is 17.0 Å². The number of rotatable bonds is 12. The van der Waals surface area contributed by atoms with Crippen molar-refractivity contribution in [3.63, 3.8) is 0 Å². The molecule has 1 aromatic heterocycles. The topological polar surface area (TPSA) is 126 Å². The summed E-state index contributed by atoms with van der Waals surface area (Å²) in [4.78, 5) is 46.9. The molecule has 0 radical (unpaired) electrons. The van der Waals surface area contributed by atoms with E-state index in [2.05, 4.69) is 15.3 Å². The molecule has 43 heavy (non-hydrogen) atoms. The molecule has 1 aliphatic rings. The molecule has 10 nitrogen and oxygen atoms in total. The average molecular weight is 578 g/mol. The van der Waals surface area contributed by atoms with E-state index in [4.69, 9.17) is 18.9 Å². The maximum absolute atomic E-state index is 12.9. The van der Waals surface area contributed by atoms with E-state index < -0.39 is 11.6 Å². The van der Waals surface area contributed by atoms with Crippen LogP contribution >= 0.6 is 0 Å². The largest absolute Gasteiger partial charge is 0.493 e. The molecular weight excluding hydrogens is 550 g/mol. The highest BCUT2D eigenvalue weighted by Crippen LogP contribution is 2.34. The first-order valence-corrected chi connectivity index (χ1v) is 13.2. The molecule has 0 spiro atoms. The lowest BCUT2D eigenvalue weighted by Gasteiger charge is -2.16. The van der Waals surface area contributed by atoms with Crippen LogP contribution in [0.3, 0.4) is 0 Å². The van der Waals surface area contributed by atoms with Crippen LogP contribution in [0.15, 0.2) is 103 Å². The van der Waals surface area contributed by atoms with Crippen molar-refractivity contribution in [2.24, 2.45) is 0 Å². The predicted octanol–water partition coefficient (Wildman–Crippen LogP) is 4.97. The van der Waals surface area contributed by atoms with E-state index >= 15 is 0 Å². The Kier molecular flexibility index (Phi) is 8.99. The van der Waals surface area contributed by atoms with Crippen molar-refractivity contribution in [1.29, 1.82) is 0 Å². The van der Waals surface area contributed by atoms with Crippen molar-refractivity contribution in [3.8, 4) is 17.2 Å². The predicted molar refractivity (Wildman–Crippen MR) is 160 cm³/mol. The molecule has 0 saturated heterocycles. The molecule has 0 amide bonds. The maximum Gasteiger partial charge on any atom is 0.223 e. The molecule has 10 heteroatoms. The molecule has 0 saturated carbocycles. The Balaban J connectivity index is 1.27. The fourth-order valence-electron chi connectivity index (χ4n) is 4.16. The number of ketones is 3. The van der Waals surface area contributed by atoms with E-state index in [1.165, 1.54) is 19.5 Å². The molecule has 216 valence electrons. The third-order valence-corrected chi connectivity index (χ3v) is 6.36. The van der Waals surface area contributed by atoms with Crippen LogP contribution in [-0.4, -0.2) is 54.8 Å². The van der Waals surface area contributed by atoms with Gasteiger partial charge in [-0.25, -0.2) is 9.97 Å². The van der Waals surface area contributed by atoms with E-state index in [-0.39, 0.29) is 17.2 Å². The minimum Gasteiger partial charge on any atom is -0.493 e. The number of nitrogens with zero attached hydrogens (tertiary/aromatic N) is 2.